The molecule has 0 aromatic heterocycles. The fourth-order valence-electron chi connectivity index (χ4n) is 5.45. The zero-order valence-corrected chi connectivity index (χ0v) is 29.4. The third kappa shape index (κ3) is 6.97. The summed E-state index contributed by atoms with van der Waals surface area (Å²) in [6.45, 7) is 3.79. The average Bonchev–Trinajstić information content (AvgIpc) is 3.13. The van der Waals surface area contributed by atoms with Gasteiger partial charge in [0.25, 0.3) is 0 Å². The molecular formula is C39H32O9P2. The summed E-state index contributed by atoms with van der Waals surface area (Å²) in [5.41, 5.74) is 2.97. The minimum Gasteiger partial charge on any atom is -0.497 e. The molecule has 0 amide bonds. The lowest BCUT2D eigenvalue weighted by atomic mass is 9.98. The zero-order chi connectivity index (χ0) is 34.6. The fourth-order valence-corrected chi connectivity index (χ4v) is 7.62. The van der Waals surface area contributed by atoms with Gasteiger partial charge in [-0.05, 0) is 85.0 Å². The molecule has 6 aromatic rings. The van der Waals surface area contributed by atoms with Crippen molar-refractivity contribution in [2.24, 2.45) is 0 Å². The first-order valence-corrected chi connectivity index (χ1v) is 17.8. The number of aryl methyl sites for hydroxylation is 2. The summed E-state index contributed by atoms with van der Waals surface area (Å²) in [6, 6.07) is 37.3. The Labute approximate surface area is 292 Å². The summed E-state index contributed by atoms with van der Waals surface area (Å²) >= 11 is 0. The molecular weight excluding hydrogens is 674 g/mol. The highest BCUT2D eigenvalue weighted by atomic mass is 31.2. The fraction of sp³-hybridized carbons (Fsp3) is 0.103. The lowest BCUT2D eigenvalue weighted by Gasteiger charge is -2.26. The minimum absolute atomic E-state index is 0.335. The summed E-state index contributed by atoms with van der Waals surface area (Å²) in [4.78, 5) is 13.2. The minimum atomic E-state index is -2.20. The van der Waals surface area contributed by atoms with Crippen molar-refractivity contribution in [3.63, 3.8) is 0 Å². The van der Waals surface area contributed by atoms with E-state index in [1.165, 1.54) is 0 Å². The van der Waals surface area contributed by atoms with Crippen molar-refractivity contribution in [2.75, 3.05) is 14.2 Å². The summed E-state index contributed by atoms with van der Waals surface area (Å²) < 4.78 is 49.2. The van der Waals surface area contributed by atoms with Crippen molar-refractivity contribution >= 4 is 33.9 Å². The predicted molar refractivity (Wildman–Crippen MR) is 194 cm³/mol. The number of hydrogen-bond acceptors (Lipinski definition) is 9. The first-order chi connectivity index (χ1) is 24.4. The van der Waals surface area contributed by atoms with Gasteiger partial charge in [-0.25, -0.2) is 4.79 Å². The maximum Gasteiger partial charge on any atom is 0.532 e. The van der Waals surface area contributed by atoms with Crippen molar-refractivity contribution in [3.8, 4) is 51.4 Å². The van der Waals surface area contributed by atoms with E-state index in [1.54, 1.807) is 20.3 Å². The molecule has 0 saturated carbocycles. The number of fused-ring (bicyclic) bond motifs is 3. The summed E-state index contributed by atoms with van der Waals surface area (Å²) in [7, 11) is -1.05. The van der Waals surface area contributed by atoms with Crippen molar-refractivity contribution in [2.45, 2.75) is 13.8 Å². The molecule has 11 heteroatoms. The summed E-state index contributed by atoms with van der Waals surface area (Å²) in [5.74, 6) is 3.08. The van der Waals surface area contributed by atoms with Crippen LogP contribution < -0.4 is 32.1 Å². The third-order valence-electron chi connectivity index (χ3n) is 7.86. The Balaban J connectivity index is 1.31. The Kier molecular flexibility index (Phi) is 9.61. The zero-order valence-electron chi connectivity index (χ0n) is 27.6. The van der Waals surface area contributed by atoms with Gasteiger partial charge in [-0.3, -0.25) is 0 Å². The van der Waals surface area contributed by atoms with Crippen LogP contribution in [0.5, 0.6) is 40.2 Å². The topological polar surface area (TPSA) is 90.9 Å². The van der Waals surface area contributed by atoms with Gasteiger partial charge in [0.05, 0.1) is 14.2 Å². The lowest BCUT2D eigenvalue weighted by molar-refractivity contribution is 0.0698. The van der Waals surface area contributed by atoms with Crippen molar-refractivity contribution in [3.05, 3.63) is 138 Å². The molecule has 1 unspecified atom stereocenters. The largest absolute Gasteiger partial charge is 0.532 e. The molecule has 1 aliphatic heterocycles. The molecule has 0 radical (unpaired) electrons. The van der Waals surface area contributed by atoms with E-state index in [9.17, 15) is 4.79 Å². The number of carbonyl (C=O) groups excluding carboxylic acids is 1. The van der Waals surface area contributed by atoms with Crippen molar-refractivity contribution in [1.82, 2.24) is 0 Å². The quantitative estimate of drug-likeness (QED) is 0.122. The second-order valence-corrected chi connectivity index (χ2v) is 13.2. The Morgan fingerprint density at radius 3 is 1.74 bits per heavy atom. The number of rotatable bonds is 11. The van der Waals surface area contributed by atoms with Gasteiger partial charge in [0, 0.05) is 16.5 Å². The molecule has 0 aliphatic carbocycles. The van der Waals surface area contributed by atoms with Gasteiger partial charge in [0.2, 0.25) is 0 Å². The molecule has 1 atom stereocenters. The first kappa shape index (κ1) is 33.0. The van der Waals surface area contributed by atoms with E-state index in [0.717, 1.165) is 16.3 Å². The number of methoxy groups -OCH3 is 2. The van der Waals surface area contributed by atoms with Gasteiger partial charge >= 0.3 is 23.2 Å². The first-order valence-electron chi connectivity index (χ1n) is 15.6. The molecule has 7 rings (SSSR count). The SMILES string of the molecule is COc1cc(C)c(OP(Oc2ccccc2)Oc2ccccc2)c(-c2cc(OC)cc(C)c2OP2OC(=O)c3ccc4ccccc4c3O2)c1. The van der Waals surface area contributed by atoms with Crippen LogP contribution in [-0.2, 0) is 4.52 Å². The Morgan fingerprint density at radius 1 is 0.560 bits per heavy atom. The maximum atomic E-state index is 13.2. The van der Waals surface area contributed by atoms with Gasteiger partial charge in [-0.1, -0.05) is 66.7 Å². The molecule has 0 saturated heterocycles. The monoisotopic (exact) mass is 706 g/mol. The molecule has 50 heavy (non-hydrogen) atoms. The van der Waals surface area contributed by atoms with E-state index < -0.39 is 23.2 Å². The number of carbonyl (C=O) groups is 1. The van der Waals surface area contributed by atoms with Crippen LogP contribution in [0.3, 0.4) is 0 Å². The van der Waals surface area contributed by atoms with Crippen LogP contribution in [0, 0.1) is 13.8 Å². The average molecular weight is 707 g/mol. The van der Waals surface area contributed by atoms with Gasteiger partial charge in [0.15, 0.2) is 5.75 Å². The molecule has 0 fully saturated rings. The smallest absolute Gasteiger partial charge is 0.497 e. The highest BCUT2D eigenvalue weighted by molar-refractivity contribution is 7.43. The van der Waals surface area contributed by atoms with E-state index in [2.05, 4.69) is 0 Å². The maximum absolute atomic E-state index is 13.2. The van der Waals surface area contributed by atoms with Gasteiger partial charge < -0.3 is 36.6 Å². The predicted octanol–water partition coefficient (Wildman–Crippen LogP) is 10.8. The second kappa shape index (κ2) is 14.6. The van der Waals surface area contributed by atoms with Gasteiger partial charge in [-0.2, -0.15) is 0 Å². The van der Waals surface area contributed by atoms with Crippen LogP contribution >= 0.6 is 17.2 Å². The highest BCUT2D eigenvalue weighted by Crippen LogP contribution is 2.55. The normalized spacial score (nSPS) is 13.5. The molecule has 0 spiro atoms. The number of hydrogen-bond donors (Lipinski definition) is 0. The van der Waals surface area contributed by atoms with E-state index >= 15 is 0 Å². The van der Waals surface area contributed by atoms with E-state index in [4.69, 9.17) is 36.6 Å². The Hall–Kier alpha value is -5.49. The van der Waals surface area contributed by atoms with Crippen LogP contribution in [0.2, 0.25) is 0 Å². The van der Waals surface area contributed by atoms with Crippen molar-refractivity contribution in [1.29, 1.82) is 0 Å². The van der Waals surface area contributed by atoms with E-state index in [-0.39, 0.29) is 0 Å². The van der Waals surface area contributed by atoms with Crippen LogP contribution in [0.1, 0.15) is 21.5 Å². The molecule has 1 aliphatic rings. The molecule has 0 N–H and O–H groups in total. The molecule has 9 nitrogen and oxygen atoms in total. The third-order valence-corrected chi connectivity index (χ3v) is 9.89. The van der Waals surface area contributed by atoms with Gasteiger partial charge in [-0.15, -0.1) is 0 Å². The molecule has 252 valence electrons. The van der Waals surface area contributed by atoms with E-state index in [1.807, 2.05) is 129 Å². The highest BCUT2D eigenvalue weighted by Gasteiger charge is 2.35. The Morgan fingerprint density at radius 2 is 1.12 bits per heavy atom. The molecule has 1 heterocycles. The van der Waals surface area contributed by atoms with Gasteiger partial charge in [0.1, 0.15) is 40.1 Å². The van der Waals surface area contributed by atoms with Crippen LogP contribution in [0.15, 0.2) is 121 Å². The van der Waals surface area contributed by atoms with Crippen LogP contribution in [0.25, 0.3) is 21.9 Å². The summed E-state index contributed by atoms with van der Waals surface area (Å²) in [5, 5.41) is 1.71. The number of para-hydroxylation sites is 2. The second-order valence-electron chi connectivity index (χ2n) is 11.2. The standard InChI is InChI=1S/C39H32O9P2/c1-25-21-30(41-3)23-34(36(25)45-49(43-28-14-7-5-8-15-28)44-29-16-9-6-10-17-29)35-24-31(42-4)22-26(2)37(35)46-50-47-38-32-18-12-11-13-27(32)19-20-33(38)39(40)48-50/h5-24H,1-4H3. The van der Waals surface area contributed by atoms with Crippen molar-refractivity contribution < 1.29 is 41.4 Å². The molecule has 0 bridgehead atoms. The van der Waals surface area contributed by atoms with E-state index in [0.29, 0.717) is 62.5 Å². The van der Waals surface area contributed by atoms with Crippen LogP contribution in [-0.4, -0.2) is 20.2 Å². The lowest BCUT2D eigenvalue weighted by Crippen LogP contribution is -2.15. The Bertz CT molecular complexity index is 2120. The molecule has 6 aromatic carbocycles. The van der Waals surface area contributed by atoms with Crippen LogP contribution in [0.4, 0.5) is 0 Å². The number of benzene rings is 6. The number of ether oxygens (including phenoxy) is 2. The summed E-state index contributed by atoms with van der Waals surface area (Å²) in [6.07, 6.45) is 0.